The predicted molar refractivity (Wildman–Crippen MR) is 57.8 cm³/mol. The number of hydrogen-bond acceptors (Lipinski definition) is 2. The minimum absolute atomic E-state index is 0.0257. The Labute approximate surface area is 90.6 Å². The number of halogens is 1. The number of aromatic amines is 1. The van der Waals surface area contributed by atoms with E-state index in [1.807, 2.05) is 0 Å². The van der Waals surface area contributed by atoms with Crippen molar-refractivity contribution >= 4 is 6.29 Å². The van der Waals surface area contributed by atoms with Gasteiger partial charge in [-0.05, 0) is 29.8 Å². The molecule has 2 aromatic rings. The van der Waals surface area contributed by atoms with Crippen LogP contribution in [0.5, 0.6) is 0 Å². The lowest BCUT2D eigenvalue weighted by atomic mass is 10.1. The van der Waals surface area contributed by atoms with Gasteiger partial charge in [-0.15, -0.1) is 0 Å². The van der Waals surface area contributed by atoms with E-state index < -0.39 is 5.82 Å². The number of rotatable bonds is 2. The second-order valence-electron chi connectivity index (χ2n) is 3.28. The first-order chi connectivity index (χ1) is 7.70. The molecule has 0 atom stereocenters. The average molecular weight is 217 g/mol. The molecule has 0 spiro atoms. The van der Waals surface area contributed by atoms with E-state index in [4.69, 9.17) is 0 Å². The second-order valence-corrected chi connectivity index (χ2v) is 3.28. The van der Waals surface area contributed by atoms with Crippen molar-refractivity contribution in [2.75, 3.05) is 0 Å². The molecule has 0 amide bonds. The van der Waals surface area contributed by atoms with Crippen LogP contribution in [0.4, 0.5) is 4.39 Å². The summed E-state index contributed by atoms with van der Waals surface area (Å²) in [6.07, 6.45) is 0.444. The molecule has 0 radical (unpaired) electrons. The number of aromatic nitrogens is 1. The van der Waals surface area contributed by atoms with Crippen molar-refractivity contribution in [3.63, 3.8) is 0 Å². The number of carbonyl (C=O) groups is 1. The van der Waals surface area contributed by atoms with Crippen molar-refractivity contribution in [3.8, 4) is 11.3 Å². The van der Waals surface area contributed by atoms with Crippen molar-refractivity contribution < 1.29 is 9.18 Å². The molecule has 0 aliphatic heterocycles. The fourth-order valence-electron chi connectivity index (χ4n) is 1.42. The number of carbonyl (C=O) groups excluding carboxylic acids is 1. The Morgan fingerprint density at radius 1 is 1.19 bits per heavy atom. The summed E-state index contributed by atoms with van der Waals surface area (Å²) in [5.74, 6) is -0.572. The third-order valence-electron chi connectivity index (χ3n) is 2.20. The third kappa shape index (κ3) is 1.91. The molecular formula is C12H8FNO2. The second kappa shape index (κ2) is 4.10. The highest BCUT2D eigenvalue weighted by atomic mass is 19.1. The number of benzene rings is 1. The van der Waals surface area contributed by atoms with Gasteiger partial charge >= 0.3 is 0 Å². The van der Waals surface area contributed by atoms with Gasteiger partial charge in [-0.25, -0.2) is 4.39 Å². The summed E-state index contributed by atoms with van der Waals surface area (Å²) < 4.78 is 13.1. The topological polar surface area (TPSA) is 49.9 Å². The van der Waals surface area contributed by atoms with Crippen LogP contribution in [0.15, 0.2) is 41.2 Å². The van der Waals surface area contributed by atoms with E-state index in [1.54, 1.807) is 12.1 Å². The molecule has 80 valence electrons. The zero-order valence-corrected chi connectivity index (χ0v) is 8.24. The van der Waals surface area contributed by atoms with Crippen LogP contribution in [0.2, 0.25) is 0 Å². The molecular weight excluding hydrogens is 209 g/mol. The van der Waals surface area contributed by atoms with Crippen LogP contribution >= 0.6 is 0 Å². The largest absolute Gasteiger partial charge is 0.322 e. The van der Waals surface area contributed by atoms with E-state index in [2.05, 4.69) is 4.98 Å². The van der Waals surface area contributed by atoms with E-state index in [9.17, 15) is 14.0 Å². The summed E-state index contributed by atoms with van der Waals surface area (Å²) in [7, 11) is 0. The Bertz CT molecular complexity index is 590. The summed E-state index contributed by atoms with van der Waals surface area (Å²) in [5, 5.41) is 0. The van der Waals surface area contributed by atoms with Gasteiger partial charge in [0, 0.05) is 11.8 Å². The van der Waals surface area contributed by atoms with Crippen LogP contribution in [0.25, 0.3) is 11.3 Å². The molecule has 1 N–H and O–H groups in total. The van der Waals surface area contributed by atoms with Crippen LogP contribution in [-0.2, 0) is 0 Å². The number of pyridine rings is 1. The third-order valence-corrected chi connectivity index (χ3v) is 2.20. The van der Waals surface area contributed by atoms with Crippen molar-refractivity contribution in [2.24, 2.45) is 0 Å². The van der Waals surface area contributed by atoms with Gasteiger partial charge in [-0.3, -0.25) is 9.59 Å². The average Bonchev–Trinajstić information content (AvgIpc) is 2.29. The van der Waals surface area contributed by atoms with Gasteiger partial charge < -0.3 is 4.98 Å². The summed E-state index contributed by atoms with van der Waals surface area (Å²) >= 11 is 0. The van der Waals surface area contributed by atoms with Gasteiger partial charge in [-0.1, -0.05) is 6.07 Å². The Balaban J connectivity index is 2.56. The molecule has 0 aliphatic rings. The van der Waals surface area contributed by atoms with Crippen LogP contribution in [0.1, 0.15) is 10.4 Å². The lowest BCUT2D eigenvalue weighted by molar-refractivity contribution is 0.112. The highest BCUT2D eigenvalue weighted by molar-refractivity contribution is 5.78. The van der Waals surface area contributed by atoms with Crippen LogP contribution in [0, 0.1) is 5.82 Å². The first-order valence-electron chi connectivity index (χ1n) is 4.65. The van der Waals surface area contributed by atoms with Gasteiger partial charge in [0.1, 0.15) is 5.82 Å². The fourth-order valence-corrected chi connectivity index (χ4v) is 1.42. The molecule has 2 rings (SSSR count). The number of nitrogens with one attached hydrogen (secondary N) is 1. The standard InChI is InChI=1S/C12H8FNO2/c13-10-5-4-8(6-9(10)7-15)11-2-1-3-12(16)14-11/h1-7H,(H,14,16). The lowest BCUT2D eigenvalue weighted by Gasteiger charge is -2.02. The molecule has 4 heteroatoms. The summed E-state index contributed by atoms with van der Waals surface area (Å²) in [5.41, 5.74) is 0.883. The maximum Gasteiger partial charge on any atom is 0.248 e. The van der Waals surface area contributed by atoms with Crippen LogP contribution in [0.3, 0.4) is 0 Å². The van der Waals surface area contributed by atoms with Crippen molar-refractivity contribution in [1.82, 2.24) is 4.98 Å². The molecule has 0 fully saturated rings. The Hall–Kier alpha value is -2.23. The Morgan fingerprint density at radius 3 is 2.69 bits per heavy atom. The molecule has 0 bridgehead atoms. The van der Waals surface area contributed by atoms with Crippen molar-refractivity contribution in [1.29, 1.82) is 0 Å². The molecule has 16 heavy (non-hydrogen) atoms. The van der Waals surface area contributed by atoms with E-state index >= 15 is 0 Å². The van der Waals surface area contributed by atoms with Gasteiger partial charge in [0.2, 0.25) is 5.56 Å². The Morgan fingerprint density at radius 2 is 2.00 bits per heavy atom. The van der Waals surface area contributed by atoms with E-state index in [1.165, 1.54) is 24.3 Å². The lowest BCUT2D eigenvalue weighted by Crippen LogP contribution is -2.03. The van der Waals surface area contributed by atoms with Crippen molar-refractivity contribution in [3.05, 3.63) is 58.1 Å². The monoisotopic (exact) mass is 217 g/mol. The maximum atomic E-state index is 13.1. The highest BCUT2D eigenvalue weighted by Crippen LogP contribution is 2.18. The van der Waals surface area contributed by atoms with Crippen LogP contribution in [-0.4, -0.2) is 11.3 Å². The first-order valence-corrected chi connectivity index (χ1v) is 4.65. The summed E-state index contributed by atoms with van der Waals surface area (Å²) in [6, 6.07) is 8.76. The Kier molecular flexibility index (Phi) is 2.64. The van der Waals surface area contributed by atoms with Gasteiger partial charge in [0.15, 0.2) is 6.29 Å². The molecule has 0 aliphatic carbocycles. The molecule has 1 aromatic carbocycles. The highest BCUT2D eigenvalue weighted by Gasteiger charge is 2.04. The summed E-state index contributed by atoms with van der Waals surface area (Å²) in [4.78, 5) is 24.3. The number of H-pyrrole nitrogens is 1. The normalized spacial score (nSPS) is 10.1. The van der Waals surface area contributed by atoms with Gasteiger partial charge in [-0.2, -0.15) is 0 Å². The zero-order chi connectivity index (χ0) is 11.5. The summed E-state index contributed by atoms with van der Waals surface area (Å²) in [6.45, 7) is 0. The van der Waals surface area contributed by atoms with Gasteiger partial charge in [0.25, 0.3) is 0 Å². The molecule has 0 saturated heterocycles. The number of aldehydes is 1. The van der Waals surface area contributed by atoms with Crippen LogP contribution < -0.4 is 5.56 Å². The number of hydrogen-bond donors (Lipinski definition) is 1. The predicted octanol–water partition coefficient (Wildman–Crippen LogP) is 1.99. The van der Waals surface area contributed by atoms with E-state index in [0.29, 0.717) is 17.5 Å². The molecule has 1 heterocycles. The van der Waals surface area contributed by atoms with E-state index in [-0.39, 0.29) is 11.1 Å². The minimum atomic E-state index is -0.572. The molecule has 0 unspecified atom stereocenters. The smallest absolute Gasteiger partial charge is 0.248 e. The van der Waals surface area contributed by atoms with Gasteiger partial charge in [0.05, 0.1) is 5.56 Å². The zero-order valence-electron chi connectivity index (χ0n) is 8.24. The van der Waals surface area contributed by atoms with Crippen molar-refractivity contribution in [2.45, 2.75) is 0 Å². The minimum Gasteiger partial charge on any atom is -0.322 e. The SMILES string of the molecule is O=Cc1cc(-c2cccc(=O)[nH]2)ccc1F. The first kappa shape index (κ1) is 10.3. The molecule has 1 aromatic heterocycles. The quantitative estimate of drug-likeness (QED) is 0.782. The molecule has 3 nitrogen and oxygen atoms in total. The fraction of sp³-hybridized carbons (Fsp3) is 0. The maximum absolute atomic E-state index is 13.1. The molecule has 0 saturated carbocycles. The van der Waals surface area contributed by atoms with E-state index in [0.717, 1.165) is 0 Å².